The Balaban J connectivity index is 2.05. The van der Waals surface area contributed by atoms with Gasteiger partial charge in [0, 0.05) is 19.7 Å². The van der Waals surface area contributed by atoms with Gasteiger partial charge in [0.05, 0.1) is 12.4 Å². The minimum absolute atomic E-state index is 0.569. The molecule has 0 saturated carbocycles. The van der Waals surface area contributed by atoms with Gasteiger partial charge in [0.25, 0.3) is 0 Å². The van der Waals surface area contributed by atoms with Gasteiger partial charge >= 0.3 is 0 Å². The molecule has 0 unspecified atom stereocenters. The van der Waals surface area contributed by atoms with Crippen molar-refractivity contribution in [3.8, 4) is 11.6 Å². The van der Waals surface area contributed by atoms with Crippen molar-refractivity contribution in [3.63, 3.8) is 0 Å². The van der Waals surface area contributed by atoms with Crippen LogP contribution in [0.25, 0.3) is 0 Å². The van der Waals surface area contributed by atoms with Crippen LogP contribution in [0.4, 0.5) is 5.82 Å². The molecule has 0 aliphatic rings. The van der Waals surface area contributed by atoms with Gasteiger partial charge in [0.2, 0.25) is 5.88 Å². The molecule has 0 radical (unpaired) electrons. The first-order valence-electron chi connectivity index (χ1n) is 5.65. The topological polar surface area (TPSA) is 52.0 Å². The summed E-state index contributed by atoms with van der Waals surface area (Å²) in [7, 11) is 1.85. The second kappa shape index (κ2) is 5.34. The van der Waals surface area contributed by atoms with Gasteiger partial charge in [-0.2, -0.15) is 10.1 Å². The molecule has 2 rings (SSSR count). The fourth-order valence-electron chi connectivity index (χ4n) is 1.40. The maximum absolute atomic E-state index is 5.59. The summed E-state index contributed by atoms with van der Waals surface area (Å²) >= 11 is 0. The van der Waals surface area contributed by atoms with Gasteiger partial charge in [-0.3, -0.25) is 4.68 Å². The van der Waals surface area contributed by atoms with E-state index in [0.29, 0.717) is 11.6 Å². The van der Waals surface area contributed by atoms with E-state index >= 15 is 0 Å². The molecule has 17 heavy (non-hydrogen) atoms. The monoisotopic (exact) mass is 232 g/mol. The summed E-state index contributed by atoms with van der Waals surface area (Å²) in [6.07, 6.45) is 4.52. The van der Waals surface area contributed by atoms with Crippen molar-refractivity contribution in [2.24, 2.45) is 7.05 Å². The lowest BCUT2D eigenvalue weighted by Gasteiger charge is -2.06. The Labute approximate surface area is 100 Å². The summed E-state index contributed by atoms with van der Waals surface area (Å²) in [5.41, 5.74) is 0. The summed E-state index contributed by atoms with van der Waals surface area (Å²) in [5.74, 6) is 2.08. The third-order valence-electron chi connectivity index (χ3n) is 2.18. The Morgan fingerprint density at radius 1 is 1.41 bits per heavy atom. The second-order valence-electron chi connectivity index (χ2n) is 3.74. The highest BCUT2D eigenvalue weighted by molar-refractivity contribution is 5.37. The van der Waals surface area contributed by atoms with Gasteiger partial charge in [0.15, 0.2) is 5.75 Å². The molecule has 0 atom stereocenters. The Morgan fingerprint density at radius 2 is 2.29 bits per heavy atom. The van der Waals surface area contributed by atoms with Crippen molar-refractivity contribution in [1.29, 1.82) is 0 Å². The van der Waals surface area contributed by atoms with E-state index in [0.717, 1.165) is 18.8 Å². The molecule has 0 aliphatic heterocycles. The molecule has 0 fully saturated rings. The SMILES string of the molecule is CCCNc1cccc(Oc2cnn(C)c2)n1. The van der Waals surface area contributed by atoms with Gasteiger partial charge in [-0.1, -0.05) is 13.0 Å². The molecule has 0 aromatic carbocycles. The number of nitrogens with zero attached hydrogens (tertiary/aromatic N) is 3. The maximum atomic E-state index is 5.59. The molecule has 0 aliphatic carbocycles. The summed E-state index contributed by atoms with van der Waals surface area (Å²) in [6, 6.07) is 5.66. The number of anilines is 1. The molecule has 5 nitrogen and oxygen atoms in total. The van der Waals surface area contributed by atoms with Crippen LogP contribution < -0.4 is 10.1 Å². The first kappa shape index (κ1) is 11.4. The molecule has 90 valence electrons. The van der Waals surface area contributed by atoms with Crippen LogP contribution in [-0.2, 0) is 7.05 Å². The molecule has 1 N–H and O–H groups in total. The number of ether oxygens (including phenoxy) is 1. The minimum Gasteiger partial charge on any atom is -0.436 e. The lowest BCUT2D eigenvalue weighted by molar-refractivity contribution is 0.463. The van der Waals surface area contributed by atoms with Crippen molar-refractivity contribution in [2.75, 3.05) is 11.9 Å². The van der Waals surface area contributed by atoms with Crippen LogP contribution in [0.3, 0.4) is 0 Å². The average molecular weight is 232 g/mol. The first-order valence-corrected chi connectivity index (χ1v) is 5.65. The average Bonchev–Trinajstić information content (AvgIpc) is 2.73. The molecule has 2 aromatic heterocycles. The highest BCUT2D eigenvalue weighted by Gasteiger charge is 2.01. The summed E-state index contributed by atoms with van der Waals surface area (Å²) < 4.78 is 7.27. The van der Waals surface area contributed by atoms with E-state index in [9.17, 15) is 0 Å². The van der Waals surface area contributed by atoms with Gasteiger partial charge in [-0.15, -0.1) is 0 Å². The fraction of sp³-hybridized carbons (Fsp3) is 0.333. The molecule has 2 aromatic rings. The normalized spacial score (nSPS) is 10.2. The minimum atomic E-state index is 0.569. The van der Waals surface area contributed by atoms with Crippen LogP contribution in [-0.4, -0.2) is 21.3 Å². The molecular formula is C12H16N4O. The number of hydrogen-bond donors (Lipinski definition) is 1. The van der Waals surface area contributed by atoms with Gasteiger partial charge in [0.1, 0.15) is 5.82 Å². The number of aryl methyl sites for hydroxylation is 1. The quantitative estimate of drug-likeness (QED) is 0.860. The van der Waals surface area contributed by atoms with Gasteiger partial charge in [-0.05, 0) is 12.5 Å². The highest BCUT2D eigenvalue weighted by Crippen LogP contribution is 2.19. The Bertz CT molecular complexity index is 481. The van der Waals surface area contributed by atoms with Crippen LogP contribution in [0.2, 0.25) is 0 Å². The molecule has 2 heterocycles. The molecule has 0 bridgehead atoms. The van der Waals surface area contributed by atoms with E-state index in [1.54, 1.807) is 17.1 Å². The zero-order valence-corrected chi connectivity index (χ0v) is 10.1. The fourth-order valence-corrected chi connectivity index (χ4v) is 1.40. The zero-order valence-electron chi connectivity index (χ0n) is 10.1. The summed E-state index contributed by atoms with van der Waals surface area (Å²) in [4.78, 5) is 4.34. The molecular weight excluding hydrogens is 216 g/mol. The number of hydrogen-bond acceptors (Lipinski definition) is 4. The summed E-state index contributed by atoms with van der Waals surface area (Å²) in [5, 5.41) is 7.25. The van der Waals surface area contributed by atoms with E-state index in [-0.39, 0.29) is 0 Å². The van der Waals surface area contributed by atoms with Crippen LogP contribution in [0.5, 0.6) is 11.6 Å². The number of nitrogens with one attached hydrogen (secondary N) is 1. The first-order chi connectivity index (χ1) is 8.28. The van der Waals surface area contributed by atoms with E-state index in [4.69, 9.17) is 4.74 Å². The second-order valence-corrected chi connectivity index (χ2v) is 3.74. The van der Waals surface area contributed by atoms with E-state index < -0.39 is 0 Å². The van der Waals surface area contributed by atoms with Crippen LogP contribution in [0, 0.1) is 0 Å². The van der Waals surface area contributed by atoms with E-state index in [1.807, 2.05) is 25.2 Å². The number of aromatic nitrogens is 3. The van der Waals surface area contributed by atoms with E-state index in [1.165, 1.54) is 0 Å². The molecule has 0 saturated heterocycles. The lowest BCUT2D eigenvalue weighted by atomic mass is 10.4. The van der Waals surface area contributed by atoms with Crippen LogP contribution in [0.1, 0.15) is 13.3 Å². The third-order valence-corrected chi connectivity index (χ3v) is 2.18. The van der Waals surface area contributed by atoms with Crippen molar-refractivity contribution in [2.45, 2.75) is 13.3 Å². The van der Waals surface area contributed by atoms with Crippen LogP contribution in [0.15, 0.2) is 30.6 Å². The van der Waals surface area contributed by atoms with Gasteiger partial charge < -0.3 is 10.1 Å². The van der Waals surface area contributed by atoms with E-state index in [2.05, 4.69) is 22.3 Å². The number of pyridine rings is 1. The molecule has 0 spiro atoms. The highest BCUT2D eigenvalue weighted by atomic mass is 16.5. The Morgan fingerprint density at radius 3 is 3.00 bits per heavy atom. The van der Waals surface area contributed by atoms with Gasteiger partial charge in [-0.25, -0.2) is 0 Å². The Hall–Kier alpha value is -2.04. The smallest absolute Gasteiger partial charge is 0.221 e. The largest absolute Gasteiger partial charge is 0.436 e. The summed E-state index contributed by atoms with van der Waals surface area (Å²) in [6.45, 7) is 3.02. The molecule has 0 amide bonds. The predicted octanol–water partition coefficient (Wildman–Crippen LogP) is 2.43. The lowest BCUT2D eigenvalue weighted by Crippen LogP contribution is -2.01. The van der Waals surface area contributed by atoms with Crippen LogP contribution >= 0.6 is 0 Å². The van der Waals surface area contributed by atoms with Crippen molar-refractivity contribution < 1.29 is 4.74 Å². The predicted molar refractivity (Wildman–Crippen MR) is 66.3 cm³/mol. The maximum Gasteiger partial charge on any atom is 0.221 e. The van der Waals surface area contributed by atoms with Crippen molar-refractivity contribution >= 4 is 5.82 Å². The van der Waals surface area contributed by atoms with Crippen molar-refractivity contribution in [1.82, 2.24) is 14.8 Å². The standard InChI is InChI=1S/C12H16N4O/c1-3-7-13-11-5-4-6-12(15-11)17-10-8-14-16(2)9-10/h4-6,8-9H,3,7H2,1-2H3,(H,13,15). The van der Waals surface area contributed by atoms with Crippen molar-refractivity contribution in [3.05, 3.63) is 30.6 Å². The third kappa shape index (κ3) is 3.21. The zero-order chi connectivity index (χ0) is 12.1. The Kier molecular flexibility index (Phi) is 3.59. The number of rotatable bonds is 5. The molecule has 5 heteroatoms.